The van der Waals surface area contributed by atoms with Crippen molar-refractivity contribution in [3.8, 4) is 11.5 Å². The molecule has 0 radical (unpaired) electrons. The molecule has 1 aromatic carbocycles. The largest absolute Gasteiger partial charge is 0.493 e. The van der Waals surface area contributed by atoms with E-state index in [4.69, 9.17) is 9.47 Å². The third kappa shape index (κ3) is 3.39. The molecule has 1 aromatic rings. The molecule has 0 bridgehead atoms. The quantitative estimate of drug-likeness (QED) is 0.899. The first-order chi connectivity index (χ1) is 11.2. The molecule has 4 nitrogen and oxygen atoms in total. The van der Waals surface area contributed by atoms with Crippen molar-refractivity contribution in [2.24, 2.45) is 5.92 Å². The van der Waals surface area contributed by atoms with Crippen LogP contribution in [-0.2, 0) is 11.3 Å². The highest BCUT2D eigenvalue weighted by molar-refractivity contribution is 8.03. The number of thioether (sulfide) groups is 1. The minimum Gasteiger partial charge on any atom is -0.493 e. The highest BCUT2D eigenvalue weighted by Gasteiger charge is 2.31. The monoisotopic (exact) mass is 331 g/mol. The Labute approximate surface area is 140 Å². The van der Waals surface area contributed by atoms with Crippen molar-refractivity contribution in [1.82, 2.24) is 5.32 Å². The van der Waals surface area contributed by atoms with Gasteiger partial charge in [0.15, 0.2) is 11.5 Å². The zero-order chi connectivity index (χ0) is 16.2. The molecule has 1 unspecified atom stereocenters. The number of hydrogen-bond acceptors (Lipinski definition) is 4. The van der Waals surface area contributed by atoms with Crippen LogP contribution in [0.3, 0.4) is 0 Å². The van der Waals surface area contributed by atoms with E-state index in [2.05, 4.69) is 17.5 Å². The molecule has 3 rings (SSSR count). The molecule has 1 N–H and O–H groups in total. The third-order valence-electron chi connectivity index (χ3n) is 4.22. The molecule has 1 heterocycles. The first kappa shape index (κ1) is 16.0. The molecular weight excluding hydrogens is 310 g/mol. The SMILES string of the molecule is COc1ccc(CNC(=O)C2CSC3=C2CCC=C3)cc1OC. The van der Waals surface area contributed by atoms with Crippen LogP contribution in [0.4, 0.5) is 0 Å². The van der Waals surface area contributed by atoms with E-state index < -0.39 is 0 Å². The second-order valence-corrected chi connectivity index (χ2v) is 6.66. The van der Waals surface area contributed by atoms with Crippen molar-refractivity contribution in [2.75, 3.05) is 20.0 Å². The van der Waals surface area contributed by atoms with Gasteiger partial charge < -0.3 is 14.8 Å². The van der Waals surface area contributed by atoms with E-state index >= 15 is 0 Å². The summed E-state index contributed by atoms with van der Waals surface area (Å²) in [7, 11) is 3.22. The molecule has 122 valence electrons. The van der Waals surface area contributed by atoms with Crippen LogP contribution in [0, 0.1) is 5.92 Å². The van der Waals surface area contributed by atoms with E-state index in [-0.39, 0.29) is 11.8 Å². The van der Waals surface area contributed by atoms with E-state index in [1.54, 1.807) is 26.0 Å². The van der Waals surface area contributed by atoms with Crippen LogP contribution in [0.15, 0.2) is 40.8 Å². The summed E-state index contributed by atoms with van der Waals surface area (Å²) in [5.41, 5.74) is 2.31. The first-order valence-corrected chi connectivity index (χ1v) is 8.72. The number of nitrogens with one attached hydrogen (secondary N) is 1. The number of amides is 1. The molecule has 0 saturated carbocycles. The molecule has 0 fully saturated rings. The maximum atomic E-state index is 12.5. The lowest BCUT2D eigenvalue weighted by Crippen LogP contribution is -2.31. The highest BCUT2D eigenvalue weighted by atomic mass is 32.2. The summed E-state index contributed by atoms with van der Waals surface area (Å²) < 4.78 is 10.5. The number of carbonyl (C=O) groups is 1. The Balaban J connectivity index is 1.63. The van der Waals surface area contributed by atoms with Crippen LogP contribution in [0.5, 0.6) is 11.5 Å². The molecular formula is C18H21NO3S. The van der Waals surface area contributed by atoms with Gasteiger partial charge >= 0.3 is 0 Å². The van der Waals surface area contributed by atoms with Gasteiger partial charge in [0, 0.05) is 17.2 Å². The van der Waals surface area contributed by atoms with E-state index in [1.165, 1.54) is 10.5 Å². The van der Waals surface area contributed by atoms with Crippen LogP contribution in [0.25, 0.3) is 0 Å². The predicted molar refractivity (Wildman–Crippen MR) is 92.7 cm³/mol. The van der Waals surface area contributed by atoms with Gasteiger partial charge in [-0.05, 0) is 36.1 Å². The van der Waals surface area contributed by atoms with Crippen LogP contribution in [-0.4, -0.2) is 25.9 Å². The Bertz CT molecular complexity index is 666. The molecule has 5 heteroatoms. The van der Waals surface area contributed by atoms with Gasteiger partial charge in [-0.3, -0.25) is 4.79 Å². The third-order valence-corrected chi connectivity index (χ3v) is 5.43. The molecule has 0 saturated heterocycles. The zero-order valence-electron chi connectivity index (χ0n) is 13.4. The Morgan fingerprint density at radius 2 is 2.13 bits per heavy atom. The second kappa shape index (κ2) is 7.13. The second-order valence-electron chi connectivity index (χ2n) is 5.60. The first-order valence-electron chi connectivity index (χ1n) is 7.74. The zero-order valence-corrected chi connectivity index (χ0v) is 14.2. The highest BCUT2D eigenvalue weighted by Crippen LogP contribution is 2.41. The maximum absolute atomic E-state index is 12.5. The Kier molecular flexibility index (Phi) is 4.96. The molecule has 1 atom stereocenters. The average molecular weight is 331 g/mol. The van der Waals surface area contributed by atoms with Crippen molar-refractivity contribution < 1.29 is 14.3 Å². The summed E-state index contributed by atoms with van der Waals surface area (Å²) >= 11 is 1.79. The van der Waals surface area contributed by atoms with Crippen molar-refractivity contribution in [3.05, 3.63) is 46.4 Å². The van der Waals surface area contributed by atoms with Crippen LogP contribution >= 0.6 is 11.8 Å². The smallest absolute Gasteiger partial charge is 0.228 e. The molecule has 0 spiro atoms. The van der Waals surface area contributed by atoms with Crippen LogP contribution in [0.1, 0.15) is 18.4 Å². The molecule has 23 heavy (non-hydrogen) atoms. The van der Waals surface area contributed by atoms with Gasteiger partial charge in [-0.15, -0.1) is 11.8 Å². The van der Waals surface area contributed by atoms with Crippen molar-refractivity contribution >= 4 is 17.7 Å². The minimum atomic E-state index is 0.0140. The summed E-state index contributed by atoms with van der Waals surface area (Å²) in [6, 6.07) is 5.70. The van der Waals surface area contributed by atoms with E-state index in [0.29, 0.717) is 18.0 Å². The van der Waals surface area contributed by atoms with Crippen LogP contribution < -0.4 is 14.8 Å². The van der Waals surface area contributed by atoms with Gasteiger partial charge in [0.05, 0.1) is 20.1 Å². The normalized spacial score (nSPS) is 19.5. The maximum Gasteiger partial charge on any atom is 0.228 e. The van der Waals surface area contributed by atoms with Crippen molar-refractivity contribution in [2.45, 2.75) is 19.4 Å². The number of rotatable bonds is 5. The number of benzene rings is 1. The van der Waals surface area contributed by atoms with Crippen molar-refractivity contribution in [1.29, 1.82) is 0 Å². The van der Waals surface area contributed by atoms with Gasteiger partial charge in [0.25, 0.3) is 0 Å². The summed E-state index contributed by atoms with van der Waals surface area (Å²) in [6.45, 7) is 0.499. The number of ether oxygens (including phenoxy) is 2. The summed E-state index contributed by atoms with van der Waals surface area (Å²) in [5, 5.41) is 3.06. The van der Waals surface area contributed by atoms with Crippen LogP contribution in [0.2, 0.25) is 0 Å². The Morgan fingerprint density at radius 1 is 1.30 bits per heavy atom. The van der Waals surface area contributed by atoms with Crippen molar-refractivity contribution in [3.63, 3.8) is 0 Å². The molecule has 1 aliphatic heterocycles. The van der Waals surface area contributed by atoms with Gasteiger partial charge in [-0.1, -0.05) is 18.2 Å². The molecule has 2 aliphatic rings. The number of carbonyl (C=O) groups excluding carboxylic acids is 1. The topological polar surface area (TPSA) is 47.6 Å². The Hall–Kier alpha value is -1.88. The molecule has 1 aliphatic carbocycles. The Morgan fingerprint density at radius 3 is 2.91 bits per heavy atom. The fraction of sp³-hybridized carbons (Fsp3) is 0.389. The summed E-state index contributed by atoms with van der Waals surface area (Å²) in [4.78, 5) is 13.8. The minimum absolute atomic E-state index is 0.0140. The van der Waals surface area contributed by atoms with Gasteiger partial charge in [0.1, 0.15) is 0 Å². The number of hydrogen-bond donors (Lipinski definition) is 1. The van der Waals surface area contributed by atoms with Gasteiger partial charge in [-0.25, -0.2) is 0 Å². The number of methoxy groups -OCH3 is 2. The lowest BCUT2D eigenvalue weighted by molar-refractivity contribution is -0.123. The summed E-state index contributed by atoms with van der Waals surface area (Å²) in [6.07, 6.45) is 6.40. The van der Waals surface area contributed by atoms with E-state index in [0.717, 1.165) is 24.2 Å². The molecule has 1 amide bonds. The lowest BCUT2D eigenvalue weighted by atomic mass is 9.93. The fourth-order valence-electron chi connectivity index (χ4n) is 2.96. The van der Waals surface area contributed by atoms with Gasteiger partial charge in [0.2, 0.25) is 5.91 Å². The predicted octanol–water partition coefficient (Wildman–Crippen LogP) is 3.29. The summed E-state index contributed by atoms with van der Waals surface area (Å²) in [5.74, 6) is 2.36. The number of allylic oxidation sites excluding steroid dienone is 2. The van der Waals surface area contributed by atoms with E-state index in [9.17, 15) is 4.79 Å². The van der Waals surface area contributed by atoms with Gasteiger partial charge in [-0.2, -0.15) is 0 Å². The standard InChI is InChI=1S/C18H21NO3S/c1-21-15-8-7-12(9-16(15)22-2)10-19-18(20)14-11-23-17-6-4-3-5-13(14)17/h4,6-9,14H,3,5,10-11H2,1-2H3,(H,19,20). The molecule has 0 aromatic heterocycles. The average Bonchev–Trinajstić information content (AvgIpc) is 3.03. The lowest BCUT2D eigenvalue weighted by Gasteiger charge is -2.16. The fourth-order valence-corrected chi connectivity index (χ4v) is 4.28. The van der Waals surface area contributed by atoms with E-state index in [1.807, 2.05) is 18.2 Å².